The lowest BCUT2D eigenvalue weighted by Gasteiger charge is -2.45. The fourth-order valence-corrected chi connectivity index (χ4v) is 5.99. The third kappa shape index (κ3) is 6.15. The molecule has 3 aromatic rings. The lowest BCUT2D eigenvalue weighted by molar-refractivity contribution is -0.0235. The second-order valence-corrected chi connectivity index (χ2v) is 11.8. The number of nitrogens with one attached hydrogen (secondary N) is 1. The van der Waals surface area contributed by atoms with Crippen LogP contribution in [0.5, 0.6) is 5.75 Å². The van der Waals surface area contributed by atoms with E-state index >= 15 is 4.39 Å². The number of H-pyrrole nitrogens is 1. The molecule has 2 aliphatic rings. The molecule has 0 radical (unpaired) electrons. The van der Waals surface area contributed by atoms with Crippen LogP contribution in [0.1, 0.15) is 58.1 Å². The minimum atomic E-state index is -0.566. The van der Waals surface area contributed by atoms with Crippen molar-refractivity contribution >= 4 is 17.1 Å². The summed E-state index contributed by atoms with van der Waals surface area (Å²) in [6, 6.07) is 6.02. The monoisotopic (exact) mass is 564 g/mol. The standard InChI is InChI=1S/C32H38F2N4O3/c1-6-7-20-10-15-38(31(39)41-32(2,3)4)28(16-20)37-13-11-21(12-14-37)26-18-24-29(25(34)19-35-30(24)36-26)23-17-22(33)8-9-27(23)40-5/h6-9,17-19,21,28H,1,10-16H2,2-5H3,(H,35,36)/b20-7-. The summed E-state index contributed by atoms with van der Waals surface area (Å²) in [4.78, 5) is 25.0. The predicted molar refractivity (Wildman–Crippen MR) is 156 cm³/mol. The van der Waals surface area contributed by atoms with E-state index in [1.807, 2.05) is 43.9 Å². The number of aromatic amines is 1. The Morgan fingerprint density at radius 2 is 1.93 bits per heavy atom. The van der Waals surface area contributed by atoms with Gasteiger partial charge in [-0.1, -0.05) is 24.3 Å². The van der Waals surface area contributed by atoms with Crippen LogP contribution in [0.3, 0.4) is 0 Å². The number of allylic oxidation sites excluding steroid dienone is 2. The molecule has 0 bridgehead atoms. The smallest absolute Gasteiger partial charge is 0.411 e. The van der Waals surface area contributed by atoms with E-state index in [9.17, 15) is 9.18 Å². The molecule has 2 saturated heterocycles. The zero-order valence-electron chi connectivity index (χ0n) is 24.2. The van der Waals surface area contributed by atoms with E-state index in [0.29, 0.717) is 28.9 Å². The van der Waals surface area contributed by atoms with Gasteiger partial charge in [0.1, 0.15) is 28.6 Å². The third-order valence-corrected chi connectivity index (χ3v) is 7.91. The summed E-state index contributed by atoms with van der Waals surface area (Å²) in [6.07, 6.45) is 7.91. The minimum Gasteiger partial charge on any atom is -0.496 e. The van der Waals surface area contributed by atoms with Crippen LogP contribution in [0.15, 0.2) is 54.8 Å². The number of fused-ring (bicyclic) bond motifs is 1. The molecule has 5 rings (SSSR count). The lowest BCUT2D eigenvalue weighted by atomic mass is 9.91. The molecule has 41 heavy (non-hydrogen) atoms. The first kappa shape index (κ1) is 28.8. The molecule has 218 valence electrons. The fourth-order valence-electron chi connectivity index (χ4n) is 5.99. The highest BCUT2D eigenvalue weighted by molar-refractivity contribution is 5.95. The lowest BCUT2D eigenvalue weighted by Crippen LogP contribution is -2.56. The molecule has 1 unspecified atom stereocenters. The number of methoxy groups -OCH3 is 1. The van der Waals surface area contributed by atoms with Crippen molar-refractivity contribution in [3.63, 3.8) is 0 Å². The van der Waals surface area contributed by atoms with Gasteiger partial charge in [0, 0.05) is 54.2 Å². The summed E-state index contributed by atoms with van der Waals surface area (Å²) in [7, 11) is 1.48. The van der Waals surface area contributed by atoms with Gasteiger partial charge in [-0.25, -0.2) is 18.6 Å². The third-order valence-electron chi connectivity index (χ3n) is 7.91. The van der Waals surface area contributed by atoms with Crippen molar-refractivity contribution in [3.05, 3.63) is 72.1 Å². The molecule has 0 spiro atoms. The number of hydrogen-bond acceptors (Lipinski definition) is 5. The van der Waals surface area contributed by atoms with Gasteiger partial charge in [-0.05, 0) is 64.3 Å². The zero-order chi connectivity index (χ0) is 29.3. The molecule has 2 aromatic heterocycles. The molecule has 1 atom stereocenters. The number of amides is 1. The van der Waals surface area contributed by atoms with E-state index in [0.717, 1.165) is 50.7 Å². The quantitative estimate of drug-likeness (QED) is 0.356. The summed E-state index contributed by atoms with van der Waals surface area (Å²) in [5.41, 5.74) is 2.84. The molecule has 4 heterocycles. The van der Waals surface area contributed by atoms with Crippen LogP contribution in [-0.2, 0) is 4.74 Å². The van der Waals surface area contributed by atoms with Crippen LogP contribution in [0.2, 0.25) is 0 Å². The molecule has 1 N–H and O–H groups in total. The molecule has 2 aliphatic heterocycles. The Labute approximate surface area is 239 Å². The Hall–Kier alpha value is -3.72. The molecule has 7 nitrogen and oxygen atoms in total. The van der Waals surface area contributed by atoms with Gasteiger partial charge < -0.3 is 14.5 Å². The van der Waals surface area contributed by atoms with Gasteiger partial charge in [-0.15, -0.1) is 0 Å². The van der Waals surface area contributed by atoms with Crippen LogP contribution in [-0.4, -0.2) is 64.4 Å². The number of likely N-dealkylation sites (tertiary alicyclic amines) is 2. The number of aromatic nitrogens is 2. The number of carbonyl (C=O) groups is 1. The highest BCUT2D eigenvalue weighted by Crippen LogP contribution is 2.39. The van der Waals surface area contributed by atoms with Crippen molar-refractivity contribution in [2.45, 2.75) is 64.1 Å². The second kappa shape index (κ2) is 11.6. The van der Waals surface area contributed by atoms with Crippen molar-refractivity contribution in [1.82, 2.24) is 19.8 Å². The van der Waals surface area contributed by atoms with Crippen molar-refractivity contribution in [2.75, 3.05) is 26.7 Å². The number of pyridine rings is 1. The first-order valence-electron chi connectivity index (χ1n) is 14.1. The van der Waals surface area contributed by atoms with E-state index in [2.05, 4.69) is 21.4 Å². The van der Waals surface area contributed by atoms with Crippen LogP contribution < -0.4 is 4.74 Å². The Balaban J connectivity index is 1.38. The Morgan fingerprint density at radius 1 is 1.17 bits per heavy atom. The number of halogens is 2. The van der Waals surface area contributed by atoms with E-state index in [1.165, 1.54) is 30.9 Å². The van der Waals surface area contributed by atoms with Gasteiger partial charge in [0.05, 0.1) is 19.5 Å². The minimum absolute atomic E-state index is 0.0868. The average molecular weight is 565 g/mol. The number of hydrogen-bond donors (Lipinski definition) is 1. The highest BCUT2D eigenvalue weighted by Gasteiger charge is 2.37. The molecular weight excluding hydrogens is 526 g/mol. The summed E-state index contributed by atoms with van der Waals surface area (Å²) in [5.74, 6) is -0.416. The van der Waals surface area contributed by atoms with E-state index in [-0.39, 0.29) is 23.7 Å². The molecule has 0 aliphatic carbocycles. The number of piperidine rings is 2. The molecule has 2 fully saturated rings. The van der Waals surface area contributed by atoms with Crippen LogP contribution in [0.25, 0.3) is 22.2 Å². The number of nitrogens with zero attached hydrogens (tertiary/aromatic N) is 3. The van der Waals surface area contributed by atoms with Gasteiger partial charge in [-0.2, -0.15) is 0 Å². The van der Waals surface area contributed by atoms with Gasteiger partial charge >= 0.3 is 6.09 Å². The Bertz CT molecular complexity index is 1470. The number of rotatable bonds is 5. The van der Waals surface area contributed by atoms with Gasteiger partial charge in [0.25, 0.3) is 0 Å². The Kier molecular flexibility index (Phi) is 8.18. The molecule has 1 aromatic carbocycles. The van der Waals surface area contributed by atoms with E-state index in [1.54, 1.807) is 0 Å². The first-order chi connectivity index (χ1) is 19.6. The largest absolute Gasteiger partial charge is 0.496 e. The summed E-state index contributed by atoms with van der Waals surface area (Å²) in [6.45, 7) is 11.7. The topological polar surface area (TPSA) is 70.7 Å². The number of ether oxygens (including phenoxy) is 2. The van der Waals surface area contributed by atoms with Crippen molar-refractivity contribution in [2.24, 2.45) is 0 Å². The second-order valence-electron chi connectivity index (χ2n) is 11.8. The van der Waals surface area contributed by atoms with Crippen molar-refractivity contribution < 1.29 is 23.0 Å². The van der Waals surface area contributed by atoms with E-state index in [4.69, 9.17) is 9.47 Å². The maximum atomic E-state index is 15.1. The summed E-state index contributed by atoms with van der Waals surface area (Å²) < 4.78 is 40.5. The molecule has 1 amide bonds. The number of benzene rings is 1. The van der Waals surface area contributed by atoms with Crippen LogP contribution in [0, 0.1) is 11.6 Å². The zero-order valence-corrected chi connectivity index (χ0v) is 24.2. The van der Waals surface area contributed by atoms with Gasteiger partial charge in [0.2, 0.25) is 0 Å². The maximum absolute atomic E-state index is 15.1. The first-order valence-corrected chi connectivity index (χ1v) is 14.1. The highest BCUT2D eigenvalue weighted by atomic mass is 19.1. The molecule has 9 heteroatoms. The SMILES string of the molecule is C=C/C=C1/CCN(C(=O)OC(C)(C)C)C(N2CCC(c3cc4c(-c5cc(F)ccc5OC)c(F)cnc4[nH]3)CC2)C1. The van der Waals surface area contributed by atoms with Crippen molar-refractivity contribution in [1.29, 1.82) is 0 Å². The summed E-state index contributed by atoms with van der Waals surface area (Å²) >= 11 is 0. The summed E-state index contributed by atoms with van der Waals surface area (Å²) in [5, 5.41) is 0.592. The van der Waals surface area contributed by atoms with Gasteiger partial charge in [0.15, 0.2) is 0 Å². The van der Waals surface area contributed by atoms with Crippen molar-refractivity contribution in [3.8, 4) is 16.9 Å². The average Bonchev–Trinajstić information content (AvgIpc) is 3.36. The maximum Gasteiger partial charge on any atom is 0.411 e. The Morgan fingerprint density at radius 3 is 2.61 bits per heavy atom. The fraction of sp³-hybridized carbons (Fsp3) is 0.438. The molecule has 0 saturated carbocycles. The van der Waals surface area contributed by atoms with E-state index < -0.39 is 17.2 Å². The van der Waals surface area contributed by atoms with Crippen LogP contribution in [0.4, 0.5) is 13.6 Å². The van der Waals surface area contributed by atoms with Crippen LogP contribution >= 0.6 is 0 Å². The predicted octanol–water partition coefficient (Wildman–Crippen LogP) is 7.17. The number of carbonyl (C=O) groups excluding carboxylic acids is 1. The molecular formula is C32H38F2N4O3. The van der Waals surface area contributed by atoms with Gasteiger partial charge in [-0.3, -0.25) is 9.80 Å². The normalized spacial score (nSPS) is 20.0.